The van der Waals surface area contributed by atoms with Gasteiger partial charge in [0.05, 0.1) is 31.2 Å². The highest BCUT2D eigenvalue weighted by Crippen LogP contribution is 2.43. The fourth-order valence-electron chi connectivity index (χ4n) is 5.64. The molecular formula is C33H39N3O6. The van der Waals surface area contributed by atoms with Gasteiger partial charge in [0.1, 0.15) is 17.6 Å². The molecule has 2 aromatic carbocycles. The molecule has 9 nitrogen and oxygen atoms in total. The summed E-state index contributed by atoms with van der Waals surface area (Å²) in [5.74, 6) is 0.383. The standard InChI is InChI=1S/C33H39N3O6/c1-4-6-7-17-41-27-12-9-23(20-28(27)40-5-2)30-29(31(37)24-10-11-26-25(19-24)18-22(3)42-26)32(38)33(39)36(30)15-8-14-35-16-13-34-21-35/h9-13,16,19-22,30,37H,4-8,14-15,17-18H2,1-3H3/b31-29+/t22-,30+/m1/s1. The van der Waals surface area contributed by atoms with Gasteiger partial charge in [-0.25, -0.2) is 4.98 Å². The summed E-state index contributed by atoms with van der Waals surface area (Å²) in [5, 5.41) is 11.6. The number of carbonyl (C=O) groups is 2. The van der Waals surface area contributed by atoms with Crippen molar-refractivity contribution in [2.75, 3.05) is 19.8 Å². The molecule has 2 aliphatic rings. The van der Waals surface area contributed by atoms with Crippen LogP contribution in [0.25, 0.3) is 5.76 Å². The molecule has 3 heterocycles. The minimum atomic E-state index is -0.787. The van der Waals surface area contributed by atoms with Crippen molar-refractivity contribution in [2.24, 2.45) is 0 Å². The molecule has 0 unspecified atom stereocenters. The van der Waals surface area contributed by atoms with E-state index in [4.69, 9.17) is 14.2 Å². The summed E-state index contributed by atoms with van der Waals surface area (Å²) < 4.78 is 19.7. The van der Waals surface area contributed by atoms with E-state index in [1.807, 2.05) is 54.9 Å². The maximum absolute atomic E-state index is 13.6. The lowest BCUT2D eigenvalue weighted by Gasteiger charge is -2.26. The minimum Gasteiger partial charge on any atom is -0.507 e. The van der Waals surface area contributed by atoms with Crippen molar-refractivity contribution in [2.45, 2.75) is 71.6 Å². The molecule has 0 saturated carbocycles. The van der Waals surface area contributed by atoms with Gasteiger partial charge in [-0.2, -0.15) is 0 Å². The first kappa shape index (κ1) is 29.2. The average molecular weight is 574 g/mol. The Morgan fingerprint density at radius 1 is 1.05 bits per heavy atom. The Morgan fingerprint density at radius 2 is 1.90 bits per heavy atom. The summed E-state index contributed by atoms with van der Waals surface area (Å²) in [4.78, 5) is 32.7. The smallest absolute Gasteiger partial charge is 0.295 e. The zero-order chi connectivity index (χ0) is 29.6. The van der Waals surface area contributed by atoms with Gasteiger partial charge in [-0.05, 0) is 68.1 Å². The molecule has 1 aromatic heterocycles. The average Bonchev–Trinajstić information content (AvgIpc) is 3.70. The van der Waals surface area contributed by atoms with E-state index in [-0.39, 0.29) is 17.4 Å². The van der Waals surface area contributed by atoms with Crippen LogP contribution in [0.3, 0.4) is 0 Å². The van der Waals surface area contributed by atoms with Gasteiger partial charge >= 0.3 is 0 Å². The Hall–Kier alpha value is -4.27. The van der Waals surface area contributed by atoms with Crippen molar-refractivity contribution in [1.29, 1.82) is 0 Å². The van der Waals surface area contributed by atoms with Crippen molar-refractivity contribution >= 4 is 17.4 Å². The van der Waals surface area contributed by atoms with Crippen LogP contribution in [-0.2, 0) is 22.6 Å². The maximum atomic E-state index is 13.6. The third-order valence-electron chi connectivity index (χ3n) is 7.67. The molecular weight excluding hydrogens is 534 g/mol. The number of likely N-dealkylation sites (tertiary alicyclic amines) is 1. The lowest BCUT2D eigenvalue weighted by Crippen LogP contribution is -2.31. The number of hydrogen-bond acceptors (Lipinski definition) is 7. The highest BCUT2D eigenvalue weighted by molar-refractivity contribution is 6.46. The van der Waals surface area contributed by atoms with Crippen molar-refractivity contribution in [3.05, 3.63) is 77.4 Å². The number of aryl methyl sites for hydroxylation is 1. The van der Waals surface area contributed by atoms with E-state index in [9.17, 15) is 14.7 Å². The topological polar surface area (TPSA) is 103 Å². The summed E-state index contributed by atoms with van der Waals surface area (Å²) in [7, 11) is 0. The van der Waals surface area contributed by atoms with E-state index in [0.29, 0.717) is 61.8 Å². The van der Waals surface area contributed by atoms with Crippen molar-refractivity contribution < 1.29 is 28.9 Å². The molecule has 1 N–H and O–H groups in total. The van der Waals surface area contributed by atoms with Gasteiger partial charge in [0.25, 0.3) is 11.7 Å². The fourth-order valence-corrected chi connectivity index (χ4v) is 5.64. The van der Waals surface area contributed by atoms with E-state index in [2.05, 4.69) is 11.9 Å². The first-order chi connectivity index (χ1) is 20.4. The van der Waals surface area contributed by atoms with Gasteiger partial charge in [0, 0.05) is 37.5 Å². The summed E-state index contributed by atoms with van der Waals surface area (Å²) in [6, 6.07) is 10.1. The number of aliphatic hydroxyl groups excluding tert-OH is 1. The molecule has 1 saturated heterocycles. The quantitative estimate of drug-likeness (QED) is 0.121. The van der Waals surface area contributed by atoms with E-state index in [1.54, 1.807) is 23.5 Å². The van der Waals surface area contributed by atoms with E-state index >= 15 is 0 Å². The zero-order valence-corrected chi connectivity index (χ0v) is 24.5. The predicted octanol–water partition coefficient (Wildman–Crippen LogP) is 5.69. The Balaban J connectivity index is 1.52. The largest absolute Gasteiger partial charge is 0.507 e. The number of ketones is 1. The third-order valence-corrected chi connectivity index (χ3v) is 7.67. The van der Waals surface area contributed by atoms with E-state index in [1.165, 1.54) is 0 Å². The number of hydrogen-bond donors (Lipinski definition) is 1. The van der Waals surface area contributed by atoms with Crippen LogP contribution < -0.4 is 14.2 Å². The number of nitrogens with zero attached hydrogens (tertiary/aromatic N) is 3. The number of benzene rings is 2. The van der Waals surface area contributed by atoms with Gasteiger partial charge in [0.15, 0.2) is 11.5 Å². The zero-order valence-electron chi connectivity index (χ0n) is 24.5. The second-order valence-corrected chi connectivity index (χ2v) is 10.8. The number of fused-ring (bicyclic) bond motifs is 1. The second kappa shape index (κ2) is 13.1. The summed E-state index contributed by atoms with van der Waals surface area (Å²) >= 11 is 0. The first-order valence-electron chi connectivity index (χ1n) is 14.8. The highest BCUT2D eigenvalue weighted by Gasteiger charge is 2.46. The number of rotatable bonds is 13. The van der Waals surface area contributed by atoms with E-state index < -0.39 is 17.7 Å². The Kier molecular flexibility index (Phi) is 9.15. The van der Waals surface area contributed by atoms with Crippen LogP contribution in [0.2, 0.25) is 0 Å². The SMILES string of the molecule is CCCCCOc1ccc([C@H]2/C(=C(\O)c3ccc4c(c3)C[C@@H](C)O4)C(=O)C(=O)N2CCCn2ccnc2)cc1OCC. The van der Waals surface area contributed by atoms with Gasteiger partial charge in [-0.1, -0.05) is 25.8 Å². The molecule has 1 fully saturated rings. The van der Waals surface area contributed by atoms with Crippen LogP contribution in [0.15, 0.2) is 60.7 Å². The number of aliphatic hydroxyl groups is 1. The molecule has 9 heteroatoms. The second-order valence-electron chi connectivity index (χ2n) is 10.8. The summed E-state index contributed by atoms with van der Waals surface area (Å²) in [6.07, 6.45) is 9.74. The molecule has 42 heavy (non-hydrogen) atoms. The van der Waals surface area contributed by atoms with E-state index in [0.717, 1.165) is 30.6 Å². The van der Waals surface area contributed by atoms with Gasteiger partial charge in [-0.15, -0.1) is 0 Å². The molecule has 1 amide bonds. The Labute approximate surface area is 246 Å². The fraction of sp³-hybridized carbons (Fsp3) is 0.424. The van der Waals surface area contributed by atoms with Gasteiger partial charge in [0.2, 0.25) is 0 Å². The van der Waals surface area contributed by atoms with Crippen LogP contribution in [-0.4, -0.2) is 57.1 Å². The van der Waals surface area contributed by atoms with Crippen LogP contribution in [0.1, 0.15) is 69.2 Å². The molecule has 2 atom stereocenters. The summed E-state index contributed by atoms with van der Waals surface area (Å²) in [6.45, 7) is 7.97. The molecule has 3 aromatic rings. The van der Waals surface area contributed by atoms with Crippen LogP contribution in [0.5, 0.6) is 17.2 Å². The van der Waals surface area contributed by atoms with Gasteiger partial charge < -0.3 is 28.8 Å². The minimum absolute atomic E-state index is 0.0400. The van der Waals surface area contributed by atoms with Crippen LogP contribution in [0, 0.1) is 0 Å². The number of imidazole rings is 1. The Bertz CT molecular complexity index is 1450. The van der Waals surface area contributed by atoms with Gasteiger partial charge in [-0.3, -0.25) is 9.59 Å². The molecule has 0 aliphatic carbocycles. The monoisotopic (exact) mass is 573 g/mol. The molecule has 5 rings (SSSR count). The molecule has 0 spiro atoms. The van der Waals surface area contributed by atoms with Crippen molar-refractivity contribution in [3.8, 4) is 17.2 Å². The third kappa shape index (κ3) is 6.15. The molecule has 2 aliphatic heterocycles. The van der Waals surface area contributed by atoms with Crippen LogP contribution in [0.4, 0.5) is 0 Å². The number of amides is 1. The van der Waals surface area contributed by atoms with Crippen molar-refractivity contribution in [3.63, 3.8) is 0 Å². The number of ether oxygens (including phenoxy) is 3. The molecule has 222 valence electrons. The lowest BCUT2D eigenvalue weighted by atomic mass is 9.94. The molecule has 0 bridgehead atoms. The number of Topliss-reactive ketones (excluding diaryl/α,β-unsaturated/α-hetero) is 1. The van der Waals surface area contributed by atoms with Crippen LogP contribution >= 0.6 is 0 Å². The maximum Gasteiger partial charge on any atom is 0.295 e. The predicted molar refractivity (Wildman–Crippen MR) is 159 cm³/mol. The number of unbranched alkanes of at least 4 members (excludes halogenated alkanes) is 2. The van der Waals surface area contributed by atoms with Crippen molar-refractivity contribution in [1.82, 2.24) is 14.5 Å². The first-order valence-corrected chi connectivity index (χ1v) is 14.8. The lowest BCUT2D eigenvalue weighted by molar-refractivity contribution is -0.139. The highest BCUT2D eigenvalue weighted by atomic mass is 16.5. The molecule has 0 radical (unpaired) electrons. The normalized spacial score (nSPS) is 19.2. The number of aromatic nitrogens is 2. The number of carbonyl (C=O) groups excluding carboxylic acids is 2. The Morgan fingerprint density at radius 3 is 2.67 bits per heavy atom. The summed E-state index contributed by atoms with van der Waals surface area (Å²) in [5.41, 5.74) is 2.17.